The molecule has 2 aliphatic rings. The number of benzene rings is 3. The zero-order valence-corrected chi connectivity index (χ0v) is 20.0. The monoisotopic (exact) mass is 508 g/mol. The lowest BCUT2D eigenvalue weighted by atomic mass is 9.76. The van der Waals surface area contributed by atoms with Gasteiger partial charge in [-0.1, -0.05) is 24.3 Å². The maximum Gasteiger partial charge on any atom is 0.344 e. The van der Waals surface area contributed by atoms with Gasteiger partial charge in [-0.2, -0.15) is 0 Å². The Morgan fingerprint density at radius 1 is 0.842 bits per heavy atom. The van der Waals surface area contributed by atoms with Crippen LogP contribution in [0.25, 0.3) is 17.0 Å². The highest BCUT2D eigenvalue weighted by atomic mass is 16.6. The molecule has 3 aromatic carbocycles. The Labute approximate surface area is 215 Å². The summed E-state index contributed by atoms with van der Waals surface area (Å²) in [7, 11) is 0. The van der Waals surface area contributed by atoms with Gasteiger partial charge in [-0.25, -0.2) is 4.79 Å². The van der Waals surface area contributed by atoms with Crippen LogP contribution in [-0.2, 0) is 0 Å². The van der Waals surface area contributed by atoms with E-state index >= 15 is 0 Å². The molecule has 38 heavy (non-hydrogen) atoms. The number of non-ortho nitro benzene ring substituents is 2. The van der Waals surface area contributed by atoms with Gasteiger partial charge in [0.25, 0.3) is 11.4 Å². The molecule has 188 valence electrons. The van der Waals surface area contributed by atoms with E-state index in [0.29, 0.717) is 34.5 Å². The fraction of sp³-hybridized carbons (Fsp3) is 0.138. The molecule has 0 amide bonds. The summed E-state index contributed by atoms with van der Waals surface area (Å²) >= 11 is 0. The fourth-order valence-electron chi connectivity index (χ4n) is 5.27. The van der Waals surface area contributed by atoms with Crippen LogP contribution in [0.3, 0.4) is 0 Å². The van der Waals surface area contributed by atoms with E-state index in [1.165, 1.54) is 24.3 Å². The molecule has 4 aromatic rings. The first-order valence-electron chi connectivity index (χ1n) is 12.1. The molecule has 2 heterocycles. The van der Waals surface area contributed by atoms with Crippen molar-refractivity contribution in [2.45, 2.75) is 25.2 Å². The molecule has 0 spiro atoms. The molecule has 0 saturated carbocycles. The molecular formula is C29H20N2O7. The third kappa shape index (κ3) is 3.94. The van der Waals surface area contributed by atoms with Crippen LogP contribution in [-0.4, -0.2) is 9.85 Å². The number of fused-ring (bicyclic) bond motifs is 3. The van der Waals surface area contributed by atoms with Crippen molar-refractivity contribution in [3.8, 4) is 5.75 Å². The topological polar surface area (TPSA) is 126 Å². The molecule has 1 aromatic heterocycles. The minimum atomic E-state index is -0.514. The SMILES string of the molecule is O=c1oc2ccccc2c2c1C(c1ccc([N+](=O)[O-])cc1)C1=C(O2)C(=Cc2ccc([N+](=O)[O-])cc2)CCC1. The van der Waals surface area contributed by atoms with Crippen molar-refractivity contribution in [3.05, 3.63) is 137 Å². The highest BCUT2D eigenvalue weighted by Gasteiger charge is 2.38. The maximum absolute atomic E-state index is 13.3. The van der Waals surface area contributed by atoms with Crippen molar-refractivity contribution in [2.75, 3.05) is 0 Å². The fourth-order valence-corrected chi connectivity index (χ4v) is 5.27. The lowest BCUT2D eigenvalue weighted by Gasteiger charge is -2.34. The zero-order valence-electron chi connectivity index (χ0n) is 20.0. The van der Waals surface area contributed by atoms with E-state index in [2.05, 4.69) is 0 Å². The molecule has 0 saturated heterocycles. The lowest BCUT2D eigenvalue weighted by Crippen LogP contribution is -2.26. The molecular weight excluding hydrogens is 488 g/mol. The molecule has 9 nitrogen and oxygen atoms in total. The van der Waals surface area contributed by atoms with Crippen LogP contribution in [0.1, 0.15) is 41.9 Å². The second-order valence-electron chi connectivity index (χ2n) is 9.24. The van der Waals surface area contributed by atoms with E-state index in [-0.39, 0.29) is 11.4 Å². The van der Waals surface area contributed by atoms with Gasteiger partial charge in [-0.05, 0) is 71.9 Å². The minimum Gasteiger partial charge on any atom is -0.456 e. The van der Waals surface area contributed by atoms with Crippen LogP contribution in [0.5, 0.6) is 5.75 Å². The van der Waals surface area contributed by atoms with Crippen molar-refractivity contribution in [2.24, 2.45) is 0 Å². The maximum atomic E-state index is 13.3. The third-order valence-corrected chi connectivity index (χ3v) is 7.00. The molecule has 0 bridgehead atoms. The van der Waals surface area contributed by atoms with E-state index < -0.39 is 21.4 Å². The molecule has 1 aliphatic carbocycles. The van der Waals surface area contributed by atoms with Crippen LogP contribution in [0, 0.1) is 20.2 Å². The lowest BCUT2D eigenvalue weighted by molar-refractivity contribution is -0.385. The summed E-state index contributed by atoms with van der Waals surface area (Å²) in [4.78, 5) is 34.7. The van der Waals surface area contributed by atoms with Gasteiger partial charge in [0.05, 0.1) is 20.8 Å². The molecule has 1 unspecified atom stereocenters. The molecule has 1 atom stereocenters. The summed E-state index contributed by atoms with van der Waals surface area (Å²) < 4.78 is 12.2. The third-order valence-electron chi connectivity index (χ3n) is 7.00. The number of nitro benzene ring substituents is 2. The first kappa shape index (κ1) is 23.4. The smallest absolute Gasteiger partial charge is 0.344 e. The van der Waals surface area contributed by atoms with Gasteiger partial charge in [-0.15, -0.1) is 0 Å². The normalized spacial score (nSPS) is 17.6. The number of allylic oxidation sites excluding steroid dienone is 2. The Kier molecular flexibility index (Phi) is 5.60. The van der Waals surface area contributed by atoms with Crippen molar-refractivity contribution < 1.29 is 19.0 Å². The summed E-state index contributed by atoms with van der Waals surface area (Å²) in [6, 6.07) is 19.7. The number of rotatable bonds is 4. The van der Waals surface area contributed by atoms with Gasteiger partial charge in [-0.3, -0.25) is 20.2 Å². The second kappa shape index (κ2) is 9.11. The zero-order chi connectivity index (χ0) is 26.4. The van der Waals surface area contributed by atoms with Crippen LogP contribution in [0.15, 0.2) is 98.9 Å². The summed E-state index contributed by atoms with van der Waals surface area (Å²) in [5.74, 6) is 0.563. The van der Waals surface area contributed by atoms with Crippen molar-refractivity contribution >= 4 is 28.4 Å². The molecule has 0 radical (unpaired) electrons. The van der Waals surface area contributed by atoms with Gasteiger partial charge < -0.3 is 9.15 Å². The van der Waals surface area contributed by atoms with Crippen molar-refractivity contribution in [1.29, 1.82) is 0 Å². The summed E-state index contributed by atoms with van der Waals surface area (Å²) in [6.07, 6.45) is 4.14. The number of nitrogens with zero attached hydrogens (tertiary/aromatic N) is 2. The van der Waals surface area contributed by atoms with Crippen LogP contribution < -0.4 is 10.4 Å². The predicted octanol–water partition coefficient (Wildman–Crippen LogP) is 6.66. The Balaban J connectivity index is 1.56. The number of hydrogen-bond acceptors (Lipinski definition) is 7. The van der Waals surface area contributed by atoms with Gasteiger partial charge >= 0.3 is 5.63 Å². The Hall–Kier alpha value is -5.05. The number of nitro groups is 2. The number of hydrogen-bond donors (Lipinski definition) is 0. The number of para-hydroxylation sites is 1. The van der Waals surface area contributed by atoms with Crippen LogP contribution in [0.2, 0.25) is 0 Å². The molecule has 6 rings (SSSR count). The highest BCUT2D eigenvalue weighted by Crippen LogP contribution is 2.50. The molecule has 9 heteroatoms. The second-order valence-corrected chi connectivity index (χ2v) is 9.24. The average molecular weight is 508 g/mol. The van der Waals surface area contributed by atoms with E-state index in [1.807, 2.05) is 18.2 Å². The largest absolute Gasteiger partial charge is 0.456 e. The average Bonchev–Trinajstić information content (AvgIpc) is 2.93. The van der Waals surface area contributed by atoms with Crippen molar-refractivity contribution in [1.82, 2.24) is 0 Å². The number of ether oxygens (including phenoxy) is 1. The summed E-state index contributed by atoms with van der Waals surface area (Å²) in [5, 5.41) is 23.0. The Morgan fingerprint density at radius 3 is 2.18 bits per heavy atom. The van der Waals surface area contributed by atoms with Crippen LogP contribution >= 0.6 is 0 Å². The molecule has 1 aliphatic heterocycles. The Morgan fingerprint density at radius 2 is 1.50 bits per heavy atom. The van der Waals surface area contributed by atoms with Gasteiger partial charge in [0, 0.05) is 30.2 Å². The van der Waals surface area contributed by atoms with E-state index in [4.69, 9.17) is 9.15 Å². The van der Waals surface area contributed by atoms with E-state index in [1.54, 1.807) is 36.4 Å². The minimum absolute atomic E-state index is 0.00923. The quantitative estimate of drug-likeness (QED) is 0.171. The predicted molar refractivity (Wildman–Crippen MR) is 140 cm³/mol. The first-order valence-corrected chi connectivity index (χ1v) is 12.1. The summed E-state index contributed by atoms with van der Waals surface area (Å²) in [5.41, 5.74) is 3.55. The van der Waals surface area contributed by atoms with Crippen molar-refractivity contribution in [3.63, 3.8) is 0 Å². The van der Waals surface area contributed by atoms with Gasteiger partial charge in [0.1, 0.15) is 17.1 Å². The van der Waals surface area contributed by atoms with E-state index in [0.717, 1.165) is 35.1 Å². The molecule has 0 fully saturated rings. The van der Waals surface area contributed by atoms with Gasteiger partial charge in [0.15, 0.2) is 0 Å². The Bertz CT molecular complexity index is 1730. The van der Waals surface area contributed by atoms with Crippen LogP contribution in [0.4, 0.5) is 11.4 Å². The summed E-state index contributed by atoms with van der Waals surface area (Å²) in [6.45, 7) is 0. The van der Waals surface area contributed by atoms with E-state index in [9.17, 15) is 25.0 Å². The highest BCUT2D eigenvalue weighted by molar-refractivity contribution is 5.86. The molecule has 0 N–H and O–H groups in total. The standard InChI is InChI=1S/C29H20N2O7/c32-29-26-25(18-10-14-21(15-11-18)31(35)36)23-6-3-4-19(16-17-8-12-20(13-9-17)30(33)34)27(23)38-28(26)22-5-1-2-7-24(22)37-29/h1-2,5,7-16,25H,3-4,6H2. The van der Waals surface area contributed by atoms with Gasteiger partial charge in [0.2, 0.25) is 0 Å². The first-order chi connectivity index (χ1) is 18.4.